The summed E-state index contributed by atoms with van der Waals surface area (Å²) in [6, 6.07) is 3.38. The largest absolute Gasteiger partial charge is 0.455 e. The number of esters is 2. The predicted molar refractivity (Wildman–Crippen MR) is 127 cm³/mol. The van der Waals surface area contributed by atoms with Crippen molar-refractivity contribution in [3.8, 4) is 5.75 Å². The van der Waals surface area contributed by atoms with Crippen LogP contribution in [0.1, 0.15) is 55.2 Å². The SMILES string of the molecule is [B]Cc1cc(C[B])c(OC(=O)C2CCCCCCC2C(=O)OC(CS(=O)(=O)O)C(F)F)c(C[B])c1. The van der Waals surface area contributed by atoms with Crippen LogP contribution in [0.3, 0.4) is 0 Å². The van der Waals surface area contributed by atoms with Gasteiger partial charge in [-0.25, -0.2) is 8.78 Å². The molecule has 7 nitrogen and oxygen atoms in total. The number of hydrogen-bond donors (Lipinski definition) is 1. The molecule has 0 amide bonds. The fraction of sp³-hybridized carbons (Fsp3) is 0.636. The molecular formula is C22H27B3F2O7S. The molecule has 1 aliphatic carbocycles. The second kappa shape index (κ2) is 13.4. The molecule has 3 atom stereocenters. The number of benzene rings is 1. The monoisotopic (exact) mass is 506 g/mol. The Labute approximate surface area is 208 Å². The van der Waals surface area contributed by atoms with Crippen LogP contribution in [-0.2, 0) is 43.4 Å². The summed E-state index contributed by atoms with van der Waals surface area (Å²) >= 11 is 0. The van der Waals surface area contributed by atoms with Gasteiger partial charge in [0.25, 0.3) is 16.5 Å². The standard InChI is InChI=1S/C22H27B3F2O7S/c23-9-13-7-14(10-24)19(15(8-13)11-25)34-22(29)17-6-4-2-1-3-5-16(17)21(28)33-18(20(26)27)12-35(30,31)32/h7-8,16-18,20H,1-6,9-12H2,(H,30,31,32). The first-order chi connectivity index (χ1) is 16.5. The van der Waals surface area contributed by atoms with Gasteiger partial charge in [0.1, 0.15) is 11.5 Å². The molecule has 0 aromatic heterocycles. The molecule has 1 aromatic carbocycles. The van der Waals surface area contributed by atoms with Crippen LogP contribution in [0.15, 0.2) is 12.1 Å². The van der Waals surface area contributed by atoms with Crippen LogP contribution in [0.4, 0.5) is 8.78 Å². The van der Waals surface area contributed by atoms with Crippen LogP contribution in [0.5, 0.6) is 5.75 Å². The van der Waals surface area contributed by atoms with Gasteiger partial charge in [0.2, 0.25) is 0 Å². The van der Waals surface area contributed by atoms with E-state index in [-0.39, 0.29) is 37.6 Å². The summed E-state index contributed by atoms with van der Waals surface area (Å²) in [6.07, 6.45) is -2.31. The van der Waals surface area contributed by atoms with Crippen LogP contribution in [0, 0.1) is 11.8 Å². The van der Waals surface area contributed by atoms with E-state index in [1.807, 2.05) is 0 Å². The summed E-state index contributed by atoms with van der Waals surface area (Å²) in [5.41, 5.74) is 1.74. The van der Waals surface area contributed by atoms with Gasteiger partial charge in [-0.05, 0) is 24.0 Å². The molecule has 1 N–H and O–H groups in total. The lowest BCUT2D eigenvalue weighted by Crippen LogP contribution is -2.39. The minimum atomic E-state index is -4.83. The van der Waals surface area contributed by atoms with E-state index in [9.17, 15) is 26.8 Å². The molecule has 0 spiro atoms. The summed E-state index contributed by atoms with van der Waals surface area (Å²) in [6.45, 7) is 0. The highest BCUT2D eigenvalue weighted by molar-refractivity contribution is 7.85. The van der Waals surface area contributed by atoms with Gasteiger partial charge in [0.05, 0.1) is 35.4 Å². The number of halogens is 2. The molecular weight excluding hydrogens is 479 g/mol. The van der Waals surface area contributed by atoms with Gasteiger partial charge in [0.15, 0.2) is 6.10 Å². The van der Waals surface area contributed by atoms with E-state index in [0.717, 1.165) is 18.4 Å². The van der Waals surface area contributed by atoms with Crippen molar-refractivity contribution < 1.29 is 40.8 Å². The molecule has 0 aliphatic heterocycles. The smallest absolute Gasteiger partial charge is 0.315 e. The predicted octanol–water partition coefficient (Wildman–Crippen LogP) is 2.25. The first-order valence-corrected chi connectivity index (χ1v) is 13.0. The molecule has 1 aromatic rings. The first kappa shape index (κ1) is 29.4. The highest BCUT2D eigenvalue weighted by Crippen LogP contribution is 2.33. The quantitative estimate of drug-likeness (QED) is 0.225. The molecule has 2 rings (SSSR count). The van der Waals surface area contributed by atoms with Gasteiger partial charge in [-0.15, -0.1) is 0 Å². The highest BCUT2D eigenvalue weighted by atomic mass is 32.2. The van der Waals surface area contributed by atoms with Crippen molar-refractivity contribution in [2.45, 2.75) is 70.0 Å². The highest BCUT2D eigenvalue weighted by Gasteiger charge is 2.39. The lowest BCUT2D eigenvalue weighted by Gasteiger charge is -2.28. The van der Waals surface area contributed by atoms with Gasteiger partial charge in [-0.1, -0.05) is 62.3 Å². The number of ether oxygens (including phenoxy) is 2. The number of rotatable bonds is 10. The van der Waals surface area contributed by atoms with Crippen molar-refractivity contribution >= 4 is 45.6 Å². The Balaban J connectivity index is 2.33. The lowest BCUT2D eigenvalue weighted by atomic mass is 9.81. The van der Waals surface area contributed by atoms with Gasteiger partial charge in [-0.3, -0.25) is 14.1 Å². The van der Waals surface area contributed by atoms with Crippen molar-refractivity contribution in [2.75, 3.05) is 5.75 Å². The fourth-order valence-corrected chi connectivity index (χ4v) is 4.83. The van der Waals surface area contributed by atoms with Gasteiger partial charge in [0, 0.05) is 0 Å². The second-order valence-electron chi connectivity index (χ2n) is 8.54. The Kier molecular flexibility index (Phi) is 11.3. The van der Waals surface area contributed by atoms with E-state index >= 15 is 0 Å². The van der Waals surface area contributed by atoms with E-state index in [0.29, 0.717) is 24.0 Å². The maximum absolute atomic E-state index is 13.3. The van der Waals surface area contributed by atoms with Crippen molar-refractivity contribution in [1.82, 2.24) is 0 Å². The molecule has 1 fully saturated rings. The third kappa shape index (κ3) is 8.63. The van der Waals surface area contributed by atoms with Crippen LogP contribution in [0.2, 0.25) is 0 Å². The zero-order valence-corrected chi connectivity index (χ0v) is 20.1. The van der Waals surface area contributed by atoms with E-state index in [2.05, 4.69) is 0 Å². The normalized spacial score (nSPS) is 20.0. The van der Waals surface area contributed by atoms with Crippen LogP contribution >= 0.6 is 0 Å². The van der Waals surface area contributed by atoms with Gasteiger partial charge in [-0.2, -0.15) is 8.42 Å². The van der Waals surface area contributed by atoms with E-state index < -0.39 is 52.2 Å². The summed E-state index contributed by atoms with van der Waals surface area (Å²) in [5, 5.41) is 0. The molecule has 35 heavy (non-hydrogen) atoms. The molecule has 0 bridgehead atoms. The van der Waals surface area contributed by atoms with E-state index in [1.165, 1.54) is 0 Å². The molecule has 6 radical (unpaired) electrons. The summed E-state index contributed by atoms with van der Waals surface area (Å²) in [5.74, 6) is -5.33. The Bertz CT molecular complexity index is 966. The number of carbonyl (C=O) groups excluding carboxylic acids is 2. The van der Waals surface area contributed by atoms with E-state index in [1.54, 1.807) is 12.1 Å². The fourth-order valence-electron chi connectivity index (χ4n) is 4.21. The third-order valence-corrected chi connectivity index (χ3v) is 6.73. The topological polar surface area (TPSA) is 107 Å². The third-order valence-electron chi connectivity index (χ3n) is 5.98. The summed E-state index contributed by atoms with van der Waals surface area (Å²) in [7, 11) is 12.5. The first-order valence-electron chi connectivity index (χ1n) is 11.4. The Hall–Kier alpha value is -1.88. The van der Waals surface area contributed by atoms with Crippen LogP contribution in [-0.4, -0.2) is 66.7 Å². The molecule has 0 saturated heterocycles. The molecule has 0 heterocycles. The van der Waals surface area contributed by atoms with Crippen molar-refractivity contribution in [3.05, 3.63) is 28.8 Å². The zero-order valence-electron chi connectivity index (χ0n) is 19.3. The van der Waals surface area contributed by atoms with Gasteiger partial charge < -0.3 is 9.47 Å². The van der Waals surface area contributed by atoms with Crippen LogP contribution in [0.25, 0.3) is 0 Å². The molecule has 1 aliphatic rings. The average molecular weight is 506 g/mol. The number of carbonyl (C=O) groups is 2. The summed E-state index contributed by atoms with van der Waals surface area (Å²) in [4.78, 5) is 26.1. The molecule has 3 unspecified atom stereocenters. The van der Waals surface area contributed by atoms with Crippen LogP contribution < -0.4 is 4.74 Å². The minimum Gasteiger partial charge on any atom is -0.455 e. The summed E-state index contributed by atoms with van der Waals surface area (Å²) < 4.78 is 68.1. The second-order valence-corrected chi connectivity index (χ2v) is 10.0. The van der Waals surface area contributed by atoms with Gasteiger partial charge >= 0.3 is 11.9 Å². The minimum absolute atomic E-state index is 0.0330. The Morgan fingerprint density at radius 2 is 1.46 bits per heavy atom. The lowest BCUT2D eigenvalue weighted by molar-refractivity contribution is -0.166. The maximum Gasteiger partial charge on any atom is 0.315 e. The maximum atomic E-state index is 13.3. The van der Waals surface area contributed by atoms with Crippen molar-refractivity contribution in [3.63, 3.8) is 0 Å². The average Bonchev–Trinajstić information content (AvgIpc) is 2.77. The van der Waals surface area contributed by atoms with Crippen molar-refractivity contribution in [1.29, 1.82) is 0 Å². The number of alkyl halides is 2. The Morgan fingerprint density at radius 1 is 0.943 bits per heavy atom. The molecule has 1 saturated carbocycles. The van der Waals surface area contributed by atoms with E-state index in [4.69, 9.17) is 37.6 Å². The van der Waals surface area contributed by atoms with Crippen molar-refractivity contribution in [2.24, 2.45) is 11.8 Å². The molecule has 186 valence electrons. The zero-order chi connectivity index (χ0) is 26.2. The molecule has 13 heteroatoms. The number of hydrogen-bond acceptors (Lipinski definition) is 6. The Morgan fingerprint density at radius 3 is 1.89 bits per heavy atom.